The maximum atomic E-state index is 13.5. The van der Waals surface area contributed by atoms with Crippen molar-refractivity contribution in [1.82, 2.24) is 34.7 Å². The van der Waals surface area contributed by atoms with Crippen LogP contribution in [0, 0.1) is 0 Å². The van der Waals surface area contributed by atoms with Gasteiger partial charge in [0.25, 0.3) is 5.56 Å². The molecule has 3 aromatic heterocycles. The van der Waals surface area contributed by atoms with Gasteiger partial charge in [-0.1, -0.05) is 23.7 Å². The van der Waals surface area contributed by atoms with E-state index in [9.17, 15) is 14.7 Å². The number of nitrogens with one attached hydrogen (secondary N) is 2. The predicted molar refractivity (Wildman–Crippen MR) is 156 cm³/mol. The second-order valence-electron chi connectivity index (χ2n) is 10.7. The molecule has 1 aliphatic rings. The number of halogens is 1. The number of H-pyrrole nitrogens is 1. The third kappa shape index (κ3) is 5.67. The van der Waals surface area contributed by atoms with Gasteiger partial charge in [-0.2, -0.15) is 4.68 Å². The number of anilines is 1. The molecule has 0 spiro atoms. The summed E-state index contributed by atoms with van der Waals surface area (Å²) in [6.07, 6.45) is 4.00. The number of carbonyl (C=O) groups excluding carboxylic acids is 1. The van der Waals surface area contributed by atoms with Crippen LogP contribution in [0.25, 0.3) is 28.1 Å². The Hall–Kier alpha value is -4.81. The van der Waals surface area contributed by atoms with E-state index in [1.165, 1.54) is 11.0 Å². The Morgan fingerprint density at radius 1 is 1.17 bits per heavy atom. The Kier molecular flexibility index (Phi) is 7.09. The molecule has 3 N–H and O–H groups in total. The molecule has 12 nitrogen and oxygen atoms in total. The first kappa shape index (κ1) is 27.4. The van der Waals surface area contributed by atoms with Gasteiger partial charge >= 0.3 is 6.09 Å². The third-order valence-corrected chi connectivity index (χ3v) is 7.14. The number of fused-ring (bicyclic) bond motifs is 1. The summed E-state index contributed by atoms with van der Waals surface area (Å²) in [7, 11) is 0. The molecule has 0 saturated carbocycles. The molecule has 2 aromatic carbocycles. The average Bonchev–Trinajstić information content (AvgIpc) is 3.73. The molecule has 214 valence electrons. The standard InChI is InChI=1S/C29H27ClN8O4/c1-29(2,41)15-42-28(40)33-20-6-3-17(4-7-20)23-14-31-27(34-23)25-10-8-21-11-18(12-26(39)38(21)25)22-13-19(30)5-9-24(22)37-16-32-35-36-37/h3-7,9,11-14,16,25,41H,8,10,15H2,1-2H3,(H,31,34)(H,33,40)/t25-/m0/s1. The van der Waals surface area contributed by atoms with Gasteiger partial charge in [0.05, 0.1) is 29.2 Å². The van der Waals surface area contributed by atoms with Gasteiger partial charge in [-0.15, -0.1) is 5.10 Å². The van der Waals surface area contributed by atoms with Crippen LogP contribution in [0.2, 0.25) is 5.02 Å². The molecule has 0 unspecified atom stereocenters. The van der Waals surface area contributed by atoms with Crippen molar-refractivity contribution in [3.63, 3.8) is 0 Å². The Morgan fingerprint density at radius 2 is 1.98 bits per heavy atom. The second kappa shape index (κ2) is 10.9. The fraction of sp³-hybridized carbons (Fsp3) is 0.241. The molecule has 42 heavy (non-hydrogen) atoms. The van der Waals surface area contributed by atoms with Crippen LogP contribution in [0.3, 0.4) is 0 Å². The zero-order valence-electron chi connectivity index (χ0n) is 22.8. The van der Waals surface area contributed by atoms with Gasteiger partial charge in [0, 0.05) is 28.0 Å². The number of ether oxygens (including phenoxy) is 1. The first-order chi connectivity index (χ1) is 20.1. The largest absolute Gasteiger partial charge is 0.446 e. The maximum Gasteiger partial charge on any atom is 0.411 e. The molecule has 5 aromatic rings. The number of nitrogens with zero attached hydrogens (tertiary/aromatic N) is 6. The Bertz CT molecular complexity index is 1810. The highest BCUT2D eigenvalue weighted by Gasteiger charge is 2.28. The first-order valence-electron chi connectivity index (χ1n) is 13.2. The number of tetrazole rings is 1. The molecule has 0 fully saturated rings. The van der Waals surface area contributed by atoms with E-state index >= 15 is 0 Å². The monoisotopic (exact) mass is 586 g/mol. The fourth-order valence-electron chi connectivity index (χ4n) is 5.00. The summed E-state index contributed by atoms with van der Waals surface area (Å²) >= 11 is 6.31. The van der Waals surface area contributed by atoms with E-state index in [2.05, 4.69) is 30.8 Å². The molecule has 1 amide bonds. The quantitative estimate of drug-likeness (QED) is 0.254. The Morgan fingerprint density at radius 3 is 2.71 bits per heavy atom. The second-order valence-corrected chi connectivity index (χ2v) is 11.1. The zero-order chi connectivity index (χ0) is 29.4. The lowest BCUT2D eigenvalue weighted by atomic mass is 10.0. The lowest BCUT2D eigenvalue weighted by Gasteiger charge is -2.17. The van der Waals surface area contributed by atoms with Crippen molar-refractivity contribution in [3.8, 4) is 28.1 Å². The zero-order valence-corrected chi connectivity index (χ0v) is 23.5. The molecule has 13 heteroatoms. The maximum absolute atomic E-state index is 13.5. The summed E-state index contributed by atoms with van der Waals surface area (Å²) < 4.78 is 8.34. The van der Waals surface area contributed by atoms with Crippen molar-refractivity contribution >= 4 is 23.4 Å². The number of rotatable bonds is 7. The van der Waals surface area contributed by atoms with Gasteiger partial charge in [-0.05, 0) is 84.6 Å². The van der Waals surface area contributed by atoms with Gasteiger partial charge in [0.2, 0.25) is 0 Å². The first-order valence-corrected chi connectivity index (χ1v) is 13.6. The van der Waals surface area contributed by atoms with E-state index in [4.69, 9.17) is 16.3 Å². The molecule has 1 atom stereocenters. The van der Waals surface area contributed by atoms with Crippen LogP contribution in [-0.2, 0) is 11.2 Å². The lowest BCUT2D eigenvalue weighted by molar-refractivity contribution is 0.0107. The van der Waals surface area contributed by atoms with Crippen LogP contribution in [0.15, 0.2) is 71.9 Å². The summed E-state index contributed by atoms with van der Waals surface area (Å²) in [6, 6.07) is 15.9. The number of hydrogen-bond donors (Lipinski definition) is 3. The summed E-state index contributed by atoms with van der Waals surface area (Å²) in [6.45, 7) is 2.99. The van der Waals surface area contributed by atoms with Crippen molar-refractivity contribution in [1.29, 1.82) is 0 Å². The summed E-state index contributed by atoms with van der Waals surface area (Å²) in [5, 5.41) is 24.3. The molecule has 0 aliphatic carbocycles. The minimum atomic E-state index is -1.11. The number of pyridine rings is 1. The molecule has 6 rings (SSSR count). The normalized spacial score (nSPS) is 14.5. The predicted octanol–water partition coefficient (Wildman–Crippen LogP) is 4.39. The third-order valence-electron chi connectivity index (χ3n) is 6.91. The molecular formula is C29H27ClN8O4. The number of benzene rings is 2. The lowest BCUT2D eigenvalue weighted by Crippen LogP contribution is -2.29. The smallest absolute Gasteiger partial charge is 0.411 e. The van der Waals surface area contributed by atoms with Crippen LogP contribution in [-0.4, -0.2) is 58.2 Å². The number of hydrogen-bond acceptors (Lipinski definition) is 8. The number of imidazole rings is 1. The molecule has 0 saturated heterocycles. The molecular weight excluding hydrogens is 560 g/mol. The van der Waals surface area contributed by atoms with E-state index in [1.54, 1.807) is 54.9 Å². The van der Waals surface area contributed by atoms with Crippen LogP contribution in [0.4, 0.5) is 10.5 Å². The van der Waals surface area contributed by atoms with Crippen LogP contribution in [0.1, 0.15) is 37.8 Å². The number of aliphatic hydroxyl groups is 1. The van der Waals surface area contributed by atoms with Crippen molar-refractivity contribution in [2.75, 3.05) is 11.9 Å². The fourth-order valence-corrected chi connectivity index (χ4v) is 5.17. The molecule has 0 radical (unpaired) electrons. The number of aromatic amines is 1. The van der Waals surface area contributed by atoms with Gasteiger partial charge < -0.3 is 19.4 Å². The van der Waals surface area contributed by atoms with Crippen molar-refractivity contribution in [3.05, 3.63) is 94.0 Å². The molecule has 4 heterocycles. The van der Waals surface area contributed by atoms with Gasteiger partial charge in [-0.25, -0.2) is 9.78 Å². The van der Waals surface area contributed by atoms with E-state index in [0.717, 1.165) is 34.5 Å². The van der Waals surface area contributed by atoms with Crippen molar-refractivity contribution in [2.24, 2.45) is 0 Å². The van der Waals surface area contributed by atoms with Crippen molar-refractivity contribution < 1.29 is 14.6 Å². The molecule has 1 aliphatic heterocycles. The van der Waals surface area contributed by atoms with E-state index in [-0.39, 0.29) is 18.2 Å². The van der Waals surface area contributed by atoms with Crippen molar-refractivity contribution in [2.45, 2.75) is 38.3 Å². The minimum Gasteiger partial charge on any atom is -0.446 e. The van der Waals surface area contributed by atoms with Gasteiger partial charge in [0.15, 0.2) is 0 Å². The number of aromatic nitrogens is 7. The Balaban J connectivity index is 1.22. The minimum absolute atomic E-state index is 0.120. The SMILES string of the molecule is CC(C)(O)COC(=O)Nc1ccc(-c2cnc([C@@H]3CCc4cc(-c5cc(Cl)ccc5-n5cnnn5)cc(=O)n43)[nH]2)cc1. The number of carbonyl (C=O) groups is 1. The van der Waals surface area contributed by atoms with E-state index < -0.39 is 11.7 Å². The van der Waals surface area contributed by atoms with E-state index in [1.807, 2.05) is 24.3 Å². The number of aryl methyl sites for hydroxylation is 1. The van der Waals surface area contributed by atoms with Gasteiger partial charge in [0.1, 0.15) is 18.8 Å². The highest BCUT2D eigenvalue weighted by molar-refractivity contribution is 6.31. The highest BCUT2D eigenvalue weighted by Crippen LogP contribution is 2.34. The van der Waals surface area contributed by atoms with Crippen LogP contribution < -0.4 is 10.9 Å². The topological polar surface area (TPSA) is 153 Å². The van der Waals surface area contributed by atoms with Crippen LogP contribution >= 0.6 is 11.6 Å². The number of amides is 1. The van der Waals surface area contributed by atoms with Gasteiger partial charge in [-0.3, -0.25) is 10.1 Å². The highest BCUT2D eigenvalue weighted by atomic mass is 35.5. The summed E-state index contributed by atoms with van der Waals surface area (Å²) in [4.78, 5) is 33.4. The van der Waals surface area contributed by atoms with Crippen LogP contribution in [0.5, 0.6) is 0 Å². The van der Waals surface area contributed by atoms with E-state index in [0.29, 0.717) is 28.6 Å². The molecule has 0 bridgehead atoms. The Labute approximate surface area is 244 Å². The summed E-state index contributed by atoms with van der Waals surface area (Å²) in [5.74, 6) is 0.688. The summed E-state index contributed by atoms with van der Waals surface area (Å²) in [5.41, 5.74) is 4.04. The average molecular weight is 587 g/mol.